The Kier molecular flexibility index (Phi) is 8.95. The molecule has 11 nitrogen and oxygen atoms in total. The molecule has 0 aliphatic rings. The molecule has 3 rings (SSSR count). The number of alkyl carbamates (subject to hydrolysis) is 1. The lowest BCUT2D eigenvalue weighted by atomic mass is 10.1. The summed E-state index contributed by atoms with van der Waals surface area (Å²) in [6.07, 6.45) is -1.26. The number of ether oxygens (including phenoxy) is 1. The SMILES string of the molecule is Cc1nc(NC(=N)N)sc1-c1cccc(NC(=O)C(CCC(=O)O)NC(=O)OCc2ccccc2)c1. The van der Waals surface area contributed by atoms with E-state index >= 15 is 0 Å². The number of carbonyl (C=O) groups excluding carboxylic acids is 2. The van der Waals surface area contributed by atoms with E-state index in [-0.39, 0.29) is 25.4 Å². The van der Waals surface area contributed by atoms with E-state index in [1.807, 2.05) is 31.2 Å². The zero-order valence-corrected chi connectivity index (χ0v) is 20.2. The van der Waals surface area contributed by atoms with Gasteiger partial charge in [0.15, 0.2) is 11.1 Å². The van der Waals surface area contributed by atoms with E-state index in [2.05, 4.69) is 20.9 Å². The minimum atomic E-state index is -1.12. The average Bonchev–Trinajstić information content (AvgIpc) is 3.20. The lowest BCUT2D eigenvalue weighted by molar-refractivity contribution is -0.137. The second-order valence-corrected chi connectivity index (χ2v) is 8.73. The van der Waals surface area contributed by atoms with Crippen LogP contribution in [0.3, 0.4) is 0 Å². The van der Waals surface area contributed by atoms with Crippen molar-refractivity contribution in [3.05, 3.63) is 65.9 Å². The first-order valence-corrected chi connectivity index (χ1v) is 11.7. The van der Waals surface area contributed by atoms with Crippen LogP contribution in [-0.4, -0.2) is 40.1 Å². The minimum Gasteiger partial charge on any atom is -0.481 e. The fraction of sp³-hybridized carbons (Fsp3) is 0.208. The number of aryl methyl sites for hydroxylation is 1. The van der Waals surface area contributed by atoms with Crippen LogP contribution in [0.1, 0.15) is 24.1 Å². The largest absolute Gasteiger partial charge is 0.481 e. The summed E-state index contributed by atoms with van der Waals surface area (Å²) < 4.78 is 5.17. The topological polar surface area (TPSA) is 180 Å². The number of thiazole rings is 1. The third-order valence-electron chi connectivity index (χ3n) is 4.90. The van der Waals surface area contributed by atoms with E-state index < -0.39 is 24.0 Å². The number of hydrogen-bond donors (Lipinski definition) is 6. The summed E-state index contributed by atoms with van der Waals surface area (Å²) in [7, 11) is 0. The number of amides is 2. The van der Waals surface area contributed by atoms with Crippen LogP contribution in [0.25, 0.3) is 10.4 Å². The maximum Gasteiger partial charge on any atom is 0.408 e. The van der Waals surface area contributed by atoms with Gasteiger partial charge in [0.2, 0.25) is 5.91 Å². The van der Waals surface area contributed by atoms with Crippen LogP contribution in [-0.2, 0) is 20.9 Å². The fourth-order valence-electron chi connectivity index (χ4n) is 3.24. The molecule has 2 amide bonds. The zero-order valence-electron chi connectivity index (χ0n) is 19.4. The number of benzene rings is 2. The number of guanidine groups is 1. The number of nitrogens with one attached hydrogen (secondary N) is 4. The summed E-state index contributed by atoms with van der Waals surface area (Å²) >= 11 is 1.30. The van der Waals surface area contributed by atoms with Gasteiger partial charge in [-0.2, -0.15) is 0 Å². The highest BCUT2D eigenvalue weighted by Crippen LogP contribution is 2.33. The fourth-order valence-corrected chi connectivity index (χ4v) is 4.22. The van der Waals surface area contributed by atoms with Crippen molar-refractivity contribution in [3.63, 3.8) is 0 Å². The van der Waals surface area contributed by atoms with E-state index in [0.717, 1.165) is 21.7 Å². The number of carbonyl (C=O) groups is 3. The van der Waals surface area contributed by atoms with Crippen LogP contribution < -0.4 is 21.7 Å². The molecule has 0 fully saturated rings. The Morgan fingerprint density at radius 2 is 1.89 bits per heavy atom. The van der Waals surface area contributed by atoms with Crippen molar-refractivity contribution in [1.82, 2.24) is 10.3 Å². The summed E-state index contributed by atoms with van der Waals surface area (Å²) in [6, 6.07) is 14.9. The summed E-state index contributed by atoms with van der Waals surface area (Å²) in [5.74, 6) is -1.89. The molecule has 0 bridgehead atoms. The van der Waals surface area contributed by atoms with Crippen molar-refractivity contribution in [2.24, 2.45) is 5.73 Å². The Bertz CT molecular complexity index is 1250. The van der Waals surface area contributed by atoms with Crippen LogP contribution in [0.15, 0.2) is 54.6 Å². The van der Waals surface area contributed by atoms with Gasteiger partial charge in [-0.1, -0.05) is 53.8 Å². The van der Waals surface area contributed by atoms with Crippen LogP contribution in [0.2, 0.25) is 0 Å². The number of aromatic nitrogens is 1. The molecular formula is C24H26N6O5S. The molecule has 7 N–H and O–H groups in total. The molecule has 1 unspecified atom stereocenters. The van der Waals surface area contributed by atoms with E-state index in [1.165, 1.54) is 11.3 Å². The molecule has 0 aliphatic heterocycles. The van der Waals surface area contributed by atoms with Gasteiger partial charge in [-0.05, 0) is 36.6 Å². The number of carboxylic acids is 1. The lowest BCUT2D eigenvalue weighted by Gasteiger charge is -2.18. The van der Waals surface area contributed by atoms with Gasteiger partial charge in [-0.25, -0.2) is 9.78 Å². The van der Waals surface area contributed by atoms with Crippen LogP contribution >= 0.6 is 11.3 Å². The second kappa shape index (κ2) is 12.3. The van der Waals surface area contributed by atoms with Crippen molar-refractivity contribution in [3.8, 4) is 10.4 Å². The maximum absolute atomic E-state index is 12.9. The number of carboxylic acid groups (broad SMARTS) is 1. The molecule has 0 saturated carbocycles. The standard InChI is InChI=1S/C24H26N6O5S/c1-14-20(36-23(27-14)30-22(25)26)16-8-5-9-17(12-16)28-21(33)18(10-11-19(31)32)29-24(34)35-13-15-6-3-2-4-7-15/h2-9,12,18H,10-11,13H2,1H3,(H,28,33)(H,29,34)(H,31,32)(H4,25,26,27,30). The normalized spacial score (nSPS) is 11.2. The quantitative estimate of drug-likeness (QED) is 0.177. The summed E-state index contributed by atoms with van der Waals surface area (Å²) in [5.41, 5.74) is 8.09. The number of aliphatic carboxylic acids is 1. The summed E-state index contributed by atoms with van der Waals surface area (Å²) in [4.78, 5) is 41.5. The van der Waals surface area contributed by atoms with Crippen molar-refractivity contribution in [1.29, 1.82) is 5.41 Å². The highest BCUT2D eigenvalue weighted by molar-refractivity contribution is 7.19. The first kappa shape index (κ1) is 26.2. The van der Waals surface area contributed by atoms with Gasteiger partial charge in [-0.3, -0.25) is 15.0 Å². The Labute approximate surface area is 211 Å². The number of rotatable bonds is 10. The van der Waals surface area contributed by atoms with E-state index in [0.29, 0.717) is 10.8 Å². The van der Waals surface area contributed by atoms with Gasteiger partial charge >= 0.3 is 12.1 Å². The first-order valence-electron chi connectivity index (χ1n) is 10.9. The number of anilines is 2. The van der Waals surface area contributed by atoms with Crippen LogP contribution in [0.4, 0.5) is 15.6 Å². The van der Waals surface area contributed by atoms with Gasteiger partial charge in [0, 0.05) is 12.1 Å². The second-order valence-electron chi connectivity index (χ2n) is 7.73. The molecule has 0 radical (unpaired) electrons. The summed E-state index contributed by atoms with van der Waals surface area (Å²) in [5, 5.41) is 24.7. The third kappa shape index (κ3) is 7.81. The summed E-state index contributed by atoms with van der Waals surface area (Å²) in [6.45, 7) is 1.83. The molecule has 1 heterocycles. The van der Waals surface area contributed by atoms with E-state index in [1.54, 1.807) is 30.3 Å². The van der Waals surface area contributed by atoms with Crippen LogP contribution in [0, 0.1) is 12.3 Å². The Balaban J connectivity index is 1.69. The monoisotopic (exact) mass is 510 g/mol. The molecule has 1 atom stereocenters. The van der Waals surface area contributed by atoms with Gasteiger partial charge in [0.25, 0.3) is 0 Å². The van der Waals surface area contributed by atoms with Crippen molar-refractivity contribution in [2.45, 2.75) is 32.4 Å². The van der Waals surface area contributed by atoms with Gasteiger partial charge in [0.1, 0.15) is 12.6 Å². The predicted molar refractivity (Wildman–Crippen MR) is 137 cm³/mol. The molecule has 2 aromatic carbocycles. The van der Waals surface area contributed by atoms with Gasteiger partial charge in [0.05, 0.1) is 10.6 Å². The molecule has 3 aromatic rings. The molecular weight excluding hydrogens is 484 g/mol. The molecule has 36 heavy (non-hydrogen) atoms. The van der Waals surface area contributed by atoms with Crippen LogP contribution in [0.5, 0.6) is 0 Å². The van der Waals surface area contributed by atoms with E-state index in [4.69, 9.17) is 21.0 Å². The third-order valence-corrected chi connectivity index (χ3v) is 6.02. The van der Waals surface area contributed by atoms with Gasteiger partial charge < -0.3 is 31.5 Å². The molecule has 0 aliphatic carbocycles. The molecule has 1 aromatic heterocycles. The number of nitrogens with zero attached hydrogens (tertiary/aromatic N) is 1. The smallest absolute Gasteiger partial charge is 0.408 e. The van der Waals surface area contributed by atoms with Crippen molar-refractivity contribution in [2.75, 3.05) is 10.6 Å². The Hall–Kier alpha value is -4.45. The van der Waals surface area contributed by atoms with Crippen molar-refractivity contribution >= 4 is 46.1 Å². The van der Waals surface area contributed by atoms with Crippen molar-refractivity contribution < 1.29 is 24.2 Å². The molecule has 0 saturated heterocycles. The number of hydrogen-bond acceptors (Lipinski definition) is 7. The molecule has 12 heteroatoms. The maximum atomic E-state index is 12.9. The first-order chi connectivity index (χ1) is 17.2. The molecule has 188 valence electrons. The lowest BCUT2D eigenvalue weighted by Crippen LogP contribution is -2.44. The average molecular weight is 511 g/mol. The Morgan fingerprint density at radius 1 is 1.14 bits per heavy atom. The minimum absolute atomic E-state index is 0.0106. The number of nitrogens with two attached hydrogens (primary N) is 1. The predicted octanol–water partition coefficient (Wildman–Crippen LogP) is 3.52. The van der Waals surface area contributed by atoms with Gasteiger partial charge in [-0.15, -0.1) is 0 Å². The Morgan fingerprint density at radius 3 is 2.58 bits per heavy atom. The highest BCUT2D eigenvalue weighted by Gasteiger charge is 2.23. The zero-order chi connectivity index (χ0) is 26.1. The molecule has 0 spiro atoms. The van der Waals surface area contributed by atoms with E-state index in [9.17, 15) is 14.4 Å². The highest BCUT2D eigenvalue weighted by atomic mass is 32.1.